The summed E-state index contributed by atoms with van der Waals surface area (Å²) in [5, 5.41) is 8.35. The quantitative estimate of drug-likeness (QED) is 0.475. The Labute approximate surface area is 130 Å². The van der Waals surface area contributed by atoms with E-state index in [1.54, 1.807) is 11.8 Å². The van der Waals surface area contributed by atoms with E-state index in [-0.39, 0.29) is 5.84 Å². The van der Waals surface area contributed by atoms with Gasteiger partial charge in [0.1, 0.15) is 5.84 Å². The van der Waals surface area contributed by atoms with Crippen molar-refractivity contribution >= 4 is 45.1 Å². The van der Waals surface area contributed by atoms with Crippen molar-refractivity contribution in [3.8, 4) is 0 Å². The average molecular weight is 356 g/mol. The first-order chi connectivity index (χ1) is 9.08. The van der Waals surface area contributed by atoms with Crippen LogP contribution in [0.3, 0.4) is 0 Å². The molecule has 0 aliphatic heterocycles. The lowest BCUT2D eigenvalue weighted by Gasteiger charge is -2.09. The summed E-state index contributed by atoms with van der Waals surface area (Å²) < 4.78 is 0.971. The zero-order valence-corrected chi connectivity index (χ0v) is 13.1. The average Bonchev–Trinajstić information content (AvgIpc) is 2.37. The molecule has 0 saturated heterocycles. The van der Waals surface area contributed by atoms with E-state index in [0.29, 0.717) is 0 Å². The number of nitrogens with two attached hydrogens (primary N) is 1. The first kappa shape index (κ1) is 14.4. The third kappa shape index (κ3) is 3.75. The number of benzene rings is 2. The van der Waals surface area contributed by atoms with Gasteiger partial charge in [-0.2, -0.15) is 0 Å². The van der Waals surface area contributed by atoms with Crippen molar-refractivity contribution in [3.05, 3.63) is 63.1 Å². The highest BCUT2D eigenvalue weighted by Gasteiger charge is 2.08. The van der Waals surface area contributed by atoms with Gasteiger partial charge in [-0.3, -0.25) is 5.41 Å². The molecule has 0 amide bonds. The first-order valence-corrected chi connectivity index (χ1v) is 7.73. The Kier molecular flexibility index (Phi) is 4.91. The van der Waals surface area contributed by atoms with Crippen molar-refractivity contribution < 1.29 is 0 Å². The Balaban J connectivity index is 2.22. The molecule has 0 aliphatic carbocycles. The van der Waals surface area contributed by atoms with E-state index in [4.69, 9.17) is 22.7 Å². The van der Waals surface area contributed by atoms with E-state index in [2.05, 4.69) is 15.9 Å². The van der Waals surface area contributed by atoms with Gasteiger partial charge in [0.2, 0.25) is 0 Å². The third-order valence-electron chi connectivity index (χ3n) is 2.57. The molecule has 2 aromatic carbocycles. The van der Waals surface area contributed by atoms with Gasteiger partial charge >= 0.3 is 0 Å². The minimum atomic E-state index is 0.0779. The molecular weight excluding hydrogens is 344 g/mol. The molecule has 2 rings (SSSR count). The van der Waals surface area contributed by atoms with Crippen LogP contribution in [0.4, 0.5) is 0 Å². The van der Waals surface area contributed by atoms with Gasteiger partial charge in [-0.25, -0.2) is 0 Å². The van der Waals surface area contributed by atoms with Crippen molar-refractivity contribution in [1.82, 2.24) is 0 Å². The second-order valence-electron chi connectivity index (χ2n) is 3.93. The molecule has 2 nitrogen and oxygen atoms in total. The van der Waals surface area contributed by atoms with Crippen molar-refractivity contribution in [2.45, 2.75) is 10.6 Å². The van der Waals surface area contributed by atoms with Gasteiger partial charge in [0, 0.05) is 25.7 Å². The van der Waals surface area contributed by atoms with Crippen molar-refractivity contribution in [3.63, 3.8) is 0 Å². The molecular formula is C14H12BrClN2S. The molecule has 0 spiro atoms. The number of halogens is 2. The number of nitrogens with one attached hydrogen (secondary N) is 1. The summed E-state index contributed by atoms with van der Waals surface area (Å²) in [5.41, 5.74) is 7.42. The molecule has 0 atom stereocenters. The fraction of sp³-hybridized carbons (Fsp3) is 0.0714. The van der Waals surface area contributed by atoms with Crippen LogP contribution in [0.2, 0.25) is 5.02 Å². The minimum Gasteiger partial charge on any atom is -0.384 e. The van der Waals surface area contributed by atoms with Crippen LogP contribution in [0.1, 0.15) is 11.1 Å². The normalized spacial score (nSPS) is 10.4. The van der Waals surface area contributed by atoms with E-state index in [9.17, 15) is 0 Å². The van der Waals surface area contributed by atoms with Gasteiger partial charge in [-0.1, -0.05) is 45.7 Å². The number of hydrogen-bond donors (Lipinski definition) is 2. The topological polar surface area (TPSA) is 49.9 Å². The Hall–Kier alpha value is -0.970. The van der Waals surface area contributed by atoms with Gasteiger partial charge in [0.05, 0.1) is 0 Å². The van der Waals surface area contributed by atoms with Crippen LogP contribution in [0.25, 0.3) is 0 Å². The second-order valence-corrected chi connectivity index (χ2v) is 6.27. The van der Waals surface area contributed by atoms with Crippen LogP contribution in [-0.2, 0) is 5.75 Å². The summed E-state index contributed by atoms with van der Waals surface area (Å²) >= 11 is 11.2. The van der Waals surface area contributed by atoms with Gasteiger partial charge in [-0.15, -0.1) is 11.8 Å². The van der Waals surface area contributed by atoms with Crippen molar-refractivity contribution in [2.24, 2.45) is 5.73 Å². The van der Waals surface area contributed by atoms with E-state index >= 15 is 0 Å². The van der Waals surface area contributed by atoms with Gasteiger partial charge < -0.3 is 5.73 Å². The van der Waals surface area contributed by atoms with E-state index in [0.717, 1.165) is 31.3 Å². The summed E-state index contributed by atoms with van der Waals surface area (Å²) in [5.74, 6) is 0.824. The third-order valence-corrected chi connectivity index (χ3v) is 4.54. The maximum Gasteiger partial charge on any atom is 0.123 e. The lowest BCUT2D eigenvalue weighted by molar-refractivity contribution is 1.31. The monoisotopic (exact) mass is 354 g/mol. The van der Waals surface area contributed by atoms with Crippen molar-refractivity contribution in [1.29, 1.82) is 5.41 Å². The van der Waals surface area contributed by atoms with Crippen LogP contribution in [0.15, 0.2) is 51.8 Å². The Morgan fingerprint density at radius 1 is 1.26 bits per heavy atom. The summed E-state index contributed by atoms with van der Waals surface area (Å²) in [6, 6.07) is 13.5. The highest BCUT2D eigenvalue weighted by Crippen LogP contribution is 2.30. The number of amidine groups is 1. The second kappa shape index (κ2) is 6.46. The van der Waals surface area contributed by atoms with Crippen molar-refractivity contribution in [2.75, 3.05) is 0 Å². The molecule has 98 valence electrons. The summed E-state index contributed by atoms with van der Waals surface area (Å²) in [4.78, 5) is 0.974. The van der Waals surface area contributed by atoms with Gasteiger partial charge in [0.15, 0.2) is 0 Å². The molecule has 0 unspecified atom stereocenters. The van der Waals surface area contributed by atoms with Crippen LogP contribution >= 0.6 is 39.3 Å². The van der Waals surface area contributed by atoms with Crippen LogP contribution in [0, 0.1) is 5.41 Å². The van der Waals surface area contributed by atoms with Crippen LogP contribution in [-0.4, -0.2) is 5.84 Å². The van der Waals surface area contributed by atoms with E-state index in [1.165, 1.54) is 0 Å². The predicted octanol–water partition coefficient (Wildman–Crippen LogP) is 4.68. The molecule has 0 bridgehead atoms. The Bertz CT molecular complexity index is 616. The Morgan fingerprint density at radius 2 is 2.00 bits per heavy atom. The minimum absolute atomic E-state index is 0.0779. The number of hydrogen-bond acceptors (Lipinski definition) is 2. The number of rotatable bonds is 4. The molecule has 0 saturated carbocycles. The zero-order valence-electron chi connectivity index (χ0n) is 9.99. The molecule has 0 aliphatic rings. The lowest BCUT2D eigenvalue weighted by Crippen LogP contribution is -2.12. The summed E-state index contributed by atoms with van der Waals surface area (Å²) in [6.07, 6.45) is 0. The van der Waals surface area contributed by atoms with Gasteiger partial charge in [-0.05, 0) is 29.8 Å². The largest absolute Gasteiger partial charge is 0.384 e. The highest BCUT2D eigenvalue weighted by molar-refractivity contribution is 9.10. The molecule has 2 aromatic rings. The number of thioether (sulfide) groups is 1. The molecule has 3 N–H and O–H groups in total. The van der Waals surface area contributed by atoms with Gasteiger partial charge in [0.25, 0.3) is 0 Å². The smallest absolute Gasteiger partial charge is 0.123 e. The fourth-order valence-corrected chi connectivity index (χ4v) is 3.51. The summed E-state index contributed by atoms with van der Waals surface area (Å²) in [6.45, 7) is 0. The molecule has 0 fully saturated rings. The maximum atomic E-state index is 7.60. The number of nitrogen functional groups attached to an aromatic ring is 1. The highest BCUT2D eigenvalue weighted by atomic mass is 79.9. The Morgan fingerprint density at radius 3 is 2.68 bits per heavy atom. The maximum absolute atomic E-state index is 7.60. The van der Waals surface area contributed by atoms with Crippen LogP contribution in [0.5, 0.6) is 0 Å². The lowest BCUT2D eigenvalue weighted by atomic mass is 10.2. The van der Waals surface area contributed by atoms with E-state index < -0.39 is 0 Å². The standard InChI is InChI=1S/C14H12BrClN2S/c15-10-5-6-11(14(17)18)13(7-10)19-8-9-3-1-2-4-12(9)16/h1-7H,8H2,(H3,17,18). The molecule has 19 heavy (non-hydrogen) atoms. The fourth-order valence-electron chi connectivity index (χ4n) is 1.61. The summed E-state index contributed by atoms with van der Waals surface area (Å²) in [7, 11) is 0. The predicted molar refractivity (Wildman–Crippen MR) is 86.2 cm³/mol. The molecule has 0 radical (unpaired) electrons. The van der Waals surface area contributed by atoms with E-state index in [1.807, 2.05) is 42.5 Å². The van der Waals surface area contributed by atoms with Crippen LogP contribution < -0.4 is 5.73 Å². The zero-order chi connectivity index (χ0) is 13.8. The molecule has 5 heteroatoms. The SMILES string of the molecule is N=C(N)c1ccc(Br)cc1SCc1ccccc1Cl. The molecule has 0 aromatic heterocycles. The first-order valence-electron chi connectivity index (χ1n) is 5.58. The molecule has 0 heterocycles.